The number of halogens is 1. The van der Waals surface area contributed by atoms with Crippen LogP contribution in [0.2, 0.25) is 0 Å². The minimum Gasteiger partial charge on any atom is -0.359 e. The number of alkyl halides is 1. The quantitative estimate of drug-likeness (QED) is 0.564. The smallest absolute Gasteiger partial charge is 0.115 e. The van der Waals surface area contributed by atoms with E-state index in [0.717, 1.165) is 11.8 Å². The Morgan fingerprint density at radius 1 is 1.19 bits per heavy atom. The molecule has 0 aromatic heterocycles. The van der Waals surface area contributed by atoms with Crippen LogP contribution in [0.4, 0.5) is 0 Å². The first-order valence-electron chi connectivity index (χ1n) is 6.19. The molecule has 0 radical (unpaired) electrons. The Kier molecular flexibility index (Phi) is 1.88. The van der Waals surface area contributed by atoms with Gasteiger partial charge >= 0.3 is 0 Å². The molecule has 0 N–H and O–H groups in total. The normalized spacial score (nSPS) is 48.8. The molecule has 2 bridgehead atoms. The monoisotopic (exact) mass is 278 g/mol. The van der Waals surface area contributed by atoms with Gasteiger partial charge in [-0.1, -0.05) is 46.3 Å². The first-order chi connectivity index (χ1) is 7.82. The number of rotatable bonds is 1. The molecule has 3 fully saturated rings. The zero-order chi connectivity index (χ0) is 10.8. The fourth-order valence-corrected chi connectivity index (χ4v) is 5.13. The summed E-state index contributed by atoms with van der Waals surface area (Å²) in [6, 6.07) is 10.7. The second-order valence-electron chi connectivity index (χ2n) is 5.43. The van der Waals surface area contributed by atoms with Gasteiger partial charge in [0.1, 0.15) is 11.7 Å². The van der Waals surface area contributed by atoms with E-state index < -0.39 is 0 Å². The van der Waals surface area contributed by atoms with Crippen molar-refractivity contribution in [2.45, 2.75) is 35.8 Å². The molecule has 1 aromatic rings. The Hall–Kier alpha value is -0.340. The van der Waals surface area contributed by atoms with Crippen LogP contribution >= 0.6 is 15.9 Å². The van der Waals surface area contributed by atoms with Crippen molar-refractivity contribution >= 4 is 15.9 Å². The number of hydrogen-bond donors (Lipinski definition) is 0. The maximum Gasteiger partial charge on any atom is 0.115 e. The van der Waals surface area contributed by atoms with Crippen LogP contribution in [0.15, 0.2) is 30.3 Å². The van der Waals surface area contributed by atoms with Gasteiger partial charge in [0, 0.05) is 4.83 Å². The first-order valence-corrected chi connectivity index (χ1v) is 7.11. The van der Waals surface area contributed by atoms with Crippen LogP contribution < -0.4 is 0 Å². The number of hydrogen-bond acceptors (Lipinski definition) is 1. The lowest BCUT2D eigenvalue weighted by Gasteiger charge is -2.24. The first kappa shape index (κ1) is 9.67. The van der Waals surface area contributed by atoms with Gasteiger partial charge in [0.25, 0.3) is 0 Å². The molecule has 1 saturated heterocycles. The van der Waals surface area contributed by atoms with E-state index in [2.05, 4.69) is 46.3 Å². The largest absolute Gasteiger partial charge is 0.359 e. The second-order valence-corrected chi connectivity index (χ2v) is 6.42. The van der Waals surface area contributed by atoms with E-state index in [4.69, 9.17) is 4.74 Å². The van der Waals surface area contributed by atoms with Crippen molar-refractivity contribution in [1.82, 2.24) is 0 Å². The van der Waals surface area contributed by atoms with Gasteiger partial charge in [-0.2, -0.15) is 0 Å². The Bertz CT molecular complexity index is 414. The second kappa shape index (κ2) is 3.11. The van der Waals surface area contributed by atoms with E-state index >= 15 is 0 Å². The summed E-state index contributed by atoms with van der Waals surface area (Å²) >= 11 is 3.89. The van der Waals surface area contributed by atoms with E-state index in [1.807, 2.05) is 0 Å². The molecule has 0 amide bonds. The summed E-state index contributed by atoms with van der Waals surface area (Å²) in [5.74, 6) is 1.66. The minimum atomic E-state index is 0.157. The SMILES string of the molecule is Br[C@@H]1[C@H]2CC[C@H](C2)[C@]12O[C@H]2c1ccccc1. The zero-order valence-corrected chi connectivity index (χ0v) is 10.7. The predicted octanol–water partition coefficient (Wildman–Crippen LogP) is 3.69. The Morgan fingerprint density at radius 2 is 2.00 bits per heavy atom. The predicted molar refractivity (Wildman–Crippen MR) is 66.5 cm³/mol. The van der Waals surface area contributed by atoms with Crippen molar-refractivity contribution in [2.75, 3.05) is 0 Å². The highest BCUT2D eigenvalue weighted by Gasteiger charge is 2.72. The lowest BCUT2D eigenvalue weighted by atomic mass is 9.84. The Labute approximate surface area is 104 Å². The third-order valence-corrected chi connectivity index (χ3v) is 6.20. The van der Waals surface area contributed by atoms with Crippen LogP contribution in [-0.2, 0) is 4.74 Å². The van der Waals surface area contributed by atoms with Crippen LogP contribution in [0.5, 0.6) is 0 Å². The van der Waals surface area contributed by atoms with Gasteiger partial charge in [-0.3, -0.25) is 0 Å². The average molecular weight is 279 g/mol. The molecule has 1 aromatic carbocycles. The molecule has 1 heterocycles. The molecule has 1 aliphatic heterocycles. The molecule has 0 unspecified atom stereocenters. The minimum absolute atomic E-state index is 0.157. The van der Waals surface area contributed by atoms with Crippen LogP contribution in [0.1, 0.15) is 30.9 Å². The molecule has 1 spiro atoms. The number of ether oxygens (including phenoxy) is 1. The van der Waals surface area contributed by atoms with Crippen molar-refractivity contribution in [1.29, 1.82) is 0 Å². The molecule has 2 aliphatic carbocycles. The fourth-order valence-electron chi connectivity index (χ4n) is 3.93. The van der Waals surface area contributed by atoms with Crippen LogP contribution in [0, 0.1) is 11.8 Å². The van der Waals surface area contributed by atoms with E-state index in [0.29, 0.717) is 10.9 Å². The molecule has 5 atom stereocenters. The highest BCUT2D eigenvalue weighted by molar-refractivity contribution is 9.09. The Balaban J connectivity index is 1.68. The van der Waals surface area contributed by atoms with Crippen LogP contribution in [-0.4, -0.2) is 10.4 Å². The molecular weight excluding hydrogens is 264 g/mol. The molecule has 4 rings (SSSR count). The molecule has 1 nitrogen and oxygen atoms in total. The molecule has 2 heteroatoms. The summed E-state index contributed by atoms with van der Waals surface area (Å²) < 4.78 is 6.15. The molecule has 2 saturated carbocycles. The molecule has 3 aliphatic rings. The topological polar surface area (TPSA) is 12.5 Å². The number of fused-ring (bicyclic) bond motifs is 3. The van der Waals surface area contributed by atoms with Gasteiger partial charge in [0.05, 0.1) is 0 Å². The summed E-state index contributed by atoms with van der Waals surface area (Å²) in [5.41, 5.74) is 1.52. The van der Waals surface area contributed by atoms with E-state index in [1.54, 1.807) is 0 Å². The summed E-state index contributed by atoms with van der Waals surface area (Å²) in [5, 5.41) is 0. The third kappa shape index (κ3) is 1.05. The lowest BCUT2D eigenvalue weighted by molar-refractivity contribution is 0.224. The van der Waals surface area contributed by atoms with Gasteiger partial charge in [0.15, 0.2) is 0 Å². The van der Waals surface area contributed by atoms with Gasteiger partial charge in [0.2, 0.25) is 0 Å². The van der Waals surface area contributed by atoms with Gasteiger partial charge in [-0.05, 0) is 36.7 Å². The maximum absolute atomic E-state index is 6.15. The van der Waals surface area contributed by atoms with Crippen molar-refractivity contribution in [3.05, 3.63) is 35.9 Å². The van der Waals surface area contributed by atoms with Crippen molar-refractivity contribution in [2.24, 2.45) is 11.8 Å². The van der Waals surface area contributed by atoms with E-state index in [9.17, 15) is 0 Å². The van der Waals surface area contributed by atoms with E-state index in [1.165, 1.54) is 24.8 Å². The summed E-state index contributed by atoms with van der Waals surface area (Å²) in [6.45, 7) is 0. The average Bonchev–Trinajstić information content (AvgIpc) is 2.77. The summed E-state index contributed by atoms with van der Waals surface area (Å²) in [7, 11) is 0. The summed E-state index contributed by atoms with van der Waals surface area (Å²) in [6.07, 6.45) is 4.50. The van der Waals surface area contributed by atoms with Crippen molar-refractivity contribution in [3.8, 4) is 0 Å². The fraction of sp³-hybridized carbons (Fsp3) is 0.571. The van der Waals surface area contributed by atoms with Crippen molar-refractivity contribution in [3.63, 3.8) is 0 Å². The molecule has 84 valence electrons. The van der Waals surface area contributed by atoms with E-state index in [-0.39, 0.29) is 5.60 Å². The molecule has 16 heavy (non-hydrogen) atoms. The Morgan fingerprint density at radius 3 is 2.69 bits per heavy atom. The van der Waals surface area contributed by atoms with Gasteiger partial charge in [-0.25, -0.2) is 0 Å². The third-order valence-electron chi connectivity index (χ3n) is 4.73. The summed E-state index contributed by atoms with van der Waals surface area (Å²) in [4.78, 5) is 0.587. The standard InChI is InChI=1S/C14H15BrO/c15-12-10-6-7-11(8-10)14(12)13(16-14)9-4-2-1-3-5-9/h1-5,10-13H,6-8H2/t10-,11+,12+,13-,14-/m0/s1. The van der Waals surface area contributed by atoms with Crippen LogP contribution in [0.25, 0.3) is 0 Å². The molecular formula is C14H15BrO. The highest BCUT2D eigenvalue weighted by Crippen LogP contribution is 2.69. The number of epoxide rings is 1. The van der Waals surface area contributed by atoms with Gasteiger partial charge in [-0.15, -0.1) is 0 Å². The maximum atomic E-state index is 6.15. The zero-order valence-electron chi connectivity index (χ0n) is 9.10. The van der Waals surface area contributed by atoms with Crippen LogP contribution in [0.3, 0.4) is 0 Å². The highest BCUT2D eigenvalue weighted by atomic mass is 79.9. The number of benzene rings is 1. The lowest BCUT2D eigenvalue weighted by Crippen LogP contribution is -2.32. The van der Waals surface area contributed by atoms with Gasteiger partial charge < -0.3 is 4.74 Å². The van der Waals surface area contributed by atoms with Crippen molar-refractivity contribution < 1.29 is 4.74 Å².